The Kier molecular flexibility index (Phi) is 9.75. The van der Waals surface area contributed by atoms with Crippen molar-refractivity contribution in [1.82, 2.24) is 0 Å². The van der Waals surface area contributed by atoms with Crippen molar-refractivity contribution in [2.24, 2.45) is 4.99 Å². The number of ether oxygens (including phenoxy) is 2. The van der Waals surface area contributed by atoms with Gasteiger partial charge in [-0.2, -0.15) is 0 Å². The van der Waals surface area contributed by atoms with E-state index in [9.17, 15) is 0 Å². The molecule has 0 saturated carbocycles. The van der Waals surface area contributed by atoms with Crippen LogP contribution in [0, 0.1) is 6.92 Å². The van der Waals surface area contributed by atoms with Gasteiger partial charge in [0.1, 0.15) is 5.04 Å². The van der Waals surface area contributed by atoms with E-state index in [1.165, 1.54) is 5.56 Å². The second-order valence-electron chi connectivity index (χ2n) is 6.24. The number of aliphatic imine (C=N–C) groups is 1. The summed E-state index contributed by atoms with van der Waals surface area (Å²) in [5.74, 6) is 1.36. The topological polar surface area (TPSA) is 30.8 Å². The predicted molar refractivity (Wildman–Crippen MR) is 129 cm³/mol. The highest BCUT2D eigenvalue weighted by molar-refractivity contribution is 8.14. The largest absolute Gasteiger partial charge is 0.493 e. The number of hydrogen-bond donors (Lipinski definition) is 0. The van der Waals surface area contributed by atoms with Gasteiger partial charge < -0.3 is 9.47 Å². The first kappa shape index (κ1) is 23.3. The van der Waals surface area contributed by atoms with Gasteiger partial charge in [-0.15, -0.1) is 0 Å². The first-order valence-corrected chi connectivity index (χ1v) is 10.8. The predicted octanol–water partition coefficient (Wildman–Crippen LogP) is 7.83. The van der Waals surface area contributed by atoms with E-state index < -0.39 is 0 Å². The molecule has 0 amide bonds. The van der Waals surface area contributed by atoms with Crippen LogP contribution in [0.3, 0.4) is 0 Å². The lowest BCUT2D eigenvalue weighted by Gasteiger charge is -2.10. The van der Waals surface area contributed by atoms with Crippen molar-refractivity contribution in [3.63, 3.8) is 0 Å². The smallest absolute Gasteiger partial charge is 0.168 e. The summed E-state index contributed by atoms with van der Waals surface area (Å²) < 4.78 is 11.2. The molecule has 0 aliphatic rings. The van der Waals surface area contributed by atoms with Crippen molar-refractivity contribution >= 4 is 22.5 Å². The van der Waals surface area contributed by atoms with Gasteiger partial charge in [-0.25, -0.2) is 4.99 Å². The van der Waals surface area contributed by atoms with Gasteiger partial charge in [0.25, 0.3) is 0 Å². The number of hydrogen-bond acceptors (Lipinski definition) is 4. The quantitative estimate of drug-likeness (QED) is 0.176. The van der Waals surface area contributed by atoms with Gasteiger partial charge in [-0.1, -0.05) is 73.6 Å². The maximum atomic E-state index is 5.89. The van der Waals surface area contributed by atoms with Crippen molar-refractivity contribution in [1.29, 1.82) is 0 Å². The van der Waals surface area contributed by atoms with Crippen molar-refractivity contribution < 1.29 is 9.47 Å². The van der Waals surface area contributed by atoms with E-state index in [-0.39, 0.29) is 0 Å². The van der Waals surface area contributed by atoms with Crippen molar-refractivity contribution in [2.75, 3.05) is 7.11 Å². The van der Waals surface area contributed by atoms with Crippen LogP contribution in [0.15, 0.2) is 101 Å². The molecule has 0 spiro atoms. The molecule has 3 nitrogen and oxygen atoms in total. The van der Waals surface area contributed by atoms with Crippen molar-refractivity contribution in [3.05, 3.63) is 96.3 Å². The third-order valence-corrected chi connectivity index (χ3v) is 5.06. The molecule has 30 heavy (non-hydrogen) atoms. The molecule has 0 unspecified atom stereocenters. The molecule has 3 aromatic carbocycles. The second kappa shape index (κ2) is 12.6. The number of para-hydroxylation sites is 3. The first-order chi connectivity index (χ1) is 14.7. The van der Waals surface area contributed by atoms with Crippen LogP contribution in [0.4, 0.5) is 5.69 Å². The average molecular weight is 420 g/mol. The summed E-state index contributed by atoms with van der Waals surface area (Å²) >= 11 is 1.62. The van der Waals surface area contributed by atoms with Gasteiger partial charge in [-0.3, -0.25) is 0 Å². The lowest BCUT2D eigenvalue weighted by atomic mass is 10.2. The highest BCUT2D eigenvalue weighted by atomic mass is 32.2. The molecule has 0 aromatic heterocycles. The standard InChI is InChI=1S/C24H23NO2S.C2H6/c1-18-10-9-13-21(16-18)28-24(25-20-11-5-4-6-12-20)19(2)17-27-23-15-8-7-14-22(23)26-3;1-2/h4-17H,1-3H3;1-2H3. The second-order valence-corrected chi connectivity index (χ2v) is 7.30. The lowest BCUT2D eigenvalue weighted by Crippen LogP contribution is -1.98. The normalized spacial score (nSPS) is 11.4. The molecular weight excluding hydrogens is 390 g/mol. The van der Waals surface area contributed by atoms with Gasteiger partial charge in [0.2, 0.25) is 0 Å². The van der Waals surface area contributed by atoms with E-state index in [1.807, 2.05) is 75.4 Å². The fraction of sp³-hybridized carbons (Fsp3) is 0.192. The SMILES string of the molecule is CC.COc1ccccc1OC=C(C)C(=Nc1ccccc1)Sc1cccc(C)c1. The number of benzene rings is 3. The Morgan fingerprint density at radius 3 is 2.20 bits per heavy atom. The van der Waals surface area contributed by atoms with Crippen molar-refractivity contribution in [2.45, 2.75) is 32.6 Å². The maximum Gasteiger partial charge on any atom is 0.168 e. The minimum absolute atomic E-state index is 0.670. The molecule has 0 heterocycles. The maximum absolute atomic E-state index is 5.89. The van der Waals surface area contributed by atoms with Gasteiger partial charge in [0.05, 0.1) is 19.1 Å². The summed E-state index contributed by atoms with van der Waals surface area (Å²) in [6.45, 7) is 8.09. The third-order valence-electron chi connectivity index (χ3n) is 3.96. The summed E-state index contributed by atoms with van der Waals surface area (Å²) in [5, 5.41) is 0.881. The molecule has 0 saturated heterocycles. The van der Waals surface area contributed by atoms with Crippen LogP contribution in [-0.4, -0.2) is 12.2 Å². The van der Waals surface area contributed by atoms with E-state index in [4.69, 9.17) is 14.5 Å². The minimum Gasteiger partial charge on any atom is -0.493 e. The number of rotatable bonds is 6. The molecule has 0 radical (unpaired) electrons. The zero-order chi connectivity index (χ0) is 21.8. The first-order valence-electron chi connectivity index (χ1n) is 10.0. The van der Waals surface area contributed by atoms with Crippen LogP contribution in [0.25, 0.3) is 0 Å². The Morgan fingerprint density at radius 1 is 0.867 bits per heavy atom. The fourth-order valence-corrected chi connectivity index (χ4v) is 3.50. The molecule has 0 aliphatic heterocycles. The molecule has 0 N–H and O–H groups in total. The summed E-state index contributed by atoms with van der Waals surface area (Å²) in [4.78, 5) is 5.98. The third kappa shape index (κ3) is 7.12. The van der Waals surface area contributed by atoms with E-state index >= 15 is 0 Å². The minimum atomic E-state index is 0.670. The Balaban J connectivity index is 0.00000155. The molecule has 0 bridgehead atoms. The zero-order valence-electron chi connectivity index (χ0n) is 18.3. The molecule has 0 atom stereocenters. The van der Waals surface area contributed by atoms with Crippen LogP contribution >= 0.6 is 11.8 Å². The molecule has 156 valence electrons. The number of aryl methyl sites for hydroxylation is 1. The Bertz CT molecular complexity index is 981. The molecule has 0 fully saturated rings. The average Bonchev–Trinajstić information content (AvgIpc) is 2.79. The van der Waals surface area contributed by atoms with Gasteiger partial charge in [0.15, 0.2) is 11.5 Å². The lowest BCUT2D eigenvalue weighted by molar-refractivity contribution is 0.377. The Hall–Kier alpha value is -2.98. The van der Waals surface area contributed by atoms with Gasteiger partial charge in [0, 0.05) is 10.5 Å². The molecule has 3 rings (SSSR count). The molecule has 4 heteroatoms. The van der Waals surface area contributed by atoms with E-state index in [0.717, 1.165) is 21.2 Å². The summed E-state index contributed by atoms with van der Waals surface area (Å²) in [5.41, 5.74) is 3.06. The number of methoxy groups -OCH3 is 1. The monoisotopic (exact) mass is 419 g/mol. The summed E-state index contributed by atoms with van der Waals surface area (Å²) in [6.07, 6.45) is 1.72. The van der Waals surface area contributed by atoms with Crippen LogP contribution in [0.1, 0.15) is 26.3 Å². The van der Waals surface area contributed by atoms with Gasteiger partial charge >= 0.3 is 0 Å². The van der Waals surface area contributed by atoms with Crippen molar-refractivity contribution in [3.8, 4) is 11.5 Å². The van der Waals surface area contributed by atoms with Crippen LogP contribution in [0.5, 0.6) is 11.5 Å². The van der Waals surface area contributed by atoms with Crippen LogP contribution < -0.4 is 9.47 Å². The molecular formula is C26H29NO2S. The summed E-state index contributed by atoms with van der Waals surface area (Å²) in [6, 6.07) is 25.9. The van der Waals surface area contributed by atoms with Crippen LogP contribution in [0.2, 0.25) is 0 Å². The summed E-state index contributed by atoms with van der Waals surface area (Å²) in [7, 11) is 1.63. The zero-order valence-corrected chi connectivity index (χ0v) is 19.1. The fourth-order valence-electron chi connectivity index (χ4n) is 2.52. The Labute approximate surface area is 184 Å². The molecule has 3 aromatic rings. The highest BCUT2D eigenvalue weighted by Crippen LogP contribution is 2.29. The Morgan fingerprint density at radius 2 is 1.53 bits per heavy atom. The van der Waals surface area contributed by atoms with Gasteiger partial charge in [-0.05, 0) is 50.2 Å². The number of thioether (sulfide) groups is 1. The van der Waals surface area contributed by atoms with E-state index in [1.54, 1.807) is 25.1 Å². The van der Waals surface area contributed by atoms with E-state index in [0.29, 0.717) is 11.5 Å². The van der Waals surface area contributed by atoms with E-state index in [2.05, 4.69) is 31.2 Å². The number of nitrogens with zero attached hydrogens (tertiary/aromatic N) is 1. The molecule has 0 aliphatic carbocycles. The van der Waals surface area contributed by atoms with Crippen LogP contribution in [-0.2, 0) is 0 Å². The highest BCUT2D eigenvalue weighted by Gasteiger charge is 2.09.